The first-order valence-electron chi connectivity index (χ1n) is 8.36. The summed E-state index contributed by atoms with van der Waals surface area (Å²) < 4.78 is 0. The molecule has 108 valence electrons. The van der Waals surface area contributed by atoms with Gasteiger partial charge in [-0.05, 0) is 56.7 Å². The van der Waals surface area contributed by atoms with Crippen LogP contribution in [0.1, 0.15) is 43.2 Å². The second kappa shape index (κ2) is 5.16. The highest BCUT2D eigenvalue weighted by Gasteiger charge is 2.42. The summed E-state index contributed by atoms with van der Waals surface area (Å²) in [4.78, 5) is 2.93. The van der Waals surface area contributed by atoms with E-state index in [2.05, 4.69) is 41.5 Å². The summed E-state index contributed by atoms with van der Waals surface area (Å²) in [6.45, 7) is 0. The Labute approximate surface area is 122 Å². The standard InChI is InChI=1S/C18H26N2/c1-19-15-11-16-7-4-8-17(12-15)20(16)18-9-13-5-2-3-6-14(13)10-18/h2-3,5-6,15-19H,4,7-12H2,1H3. The third-order valence-electron chi connectivity index (χ3n) is 5.89. The van der Waals surface area contributed by atoms with Crippen LogP contribution in [-0.4, -0.2) is 36.1 Å². The van der Waals surface area contributed by atoms with Crippen molar-refractivity contribution in [3.8, 4) is 0 Å². The van der Waals surface area contributed by atoms with Crippen molar-refractivity contribution in [2.75, 3.05) is 7.05 Å². The first-order chi connectivity index (χ1) is 9.85. The van der Waals surface area contributed by atoms with Crippen molar-refractivity contribution >= 4 is 0 Å². The molecule has 4 rings (SSSR count). The van der Waals surface area contributed by atoms with Gasteiger partial charge in [-0.15, -0.1) is 0 Å². The quantitative estimate of drug-likeness (QED) is 0.889. The zero-order valence-corrected chi connectivity index (χ0v) is 12.5. The van der Waals surface area contributed by atoms with E-state index in [-0.39, 0.29) is 0 Å². The van der Waals surface area contributed by atoms with Crippen LogP contribution in [0.2, 0.25) is 0 Å². The molecule has 0 radical (unpaired) electrons. The largest absolute Gasteiger partial charge is 0.317 e. The van der Waals surface area contributed by atoms with E-state index in [9.17, 15) is 0 Å². The molecule has 1 aromatic rings. The van der Waals surface area contributed by atoms with E-state index in [0.717, 1.165) is 24.2 Å². The summed E-state index contributed by atoms with van der Waals surface area (Å²) in [7, 11) is 2.14. The van der Waals surface area contributed by atoms with Crippen LogP contribution in [0, 0.1) is 0 Å². The predicted octanol–water partition coefficient (Wildman–Crippen LogP) is 2.76. The monoisotopic (exact) mass is 270 g/mol. The lowest BCUT2D eigenvalue weighted by Crippen LogP contribution is -2.59. The number of fused-ring (bicyclic) bond motifs is 3. The van der Waals surface area contributed by atoms with E-state index >= 15 is 0 Å². The van der Waals surface area contributed by atoms with Crippen molar-refractivity contribution in [3.05, 3.63) is 35.4 Å². The van der Waals surface area contributed by atoms with E-state index in [1.165, 1.54) is 44.9 Å². The van der Waals surface area contributed by atoms with Crippen LogP contribution in [-0.2, 0) is 12.8 Å². The normalized spacial score (nSPS) is 34.1. The van der Waals surface area contributed by atoms with Gasteiger partial charge in [0.25, 0.3) is 0 Å². The average Bonchev–Trinajstić information content (AvgIpc) is 2.89. The zero-order chi connectivity index (χ0) is 13.5. The van der Waals surface area contributed by atoms with Crippen LogP contribution in [0.4, 0.5) is 0 Å². The first kappa shape index (κ1) is 12.8. The number of nitrogens with one attached hydrogen (secondary N) is 1. The van der Waals surface area contributed by atoms with Gasteiger partial charge in [0.1, 0.15) is 0 Å². The number of benzene rings is 1. The van der Waals surface area contributed by atoms with Gasteiger partial charge in [0, 0.05) is 24.2 Å². The third-order valence-corrected chi connectivity index (χ3v) is 5.89. The Kier molecular flexibility index (Phi) is 3.31. The van der Waals surface area contributed by atoms with Crippen LogP contribution < -0.4 is 5.32 Å². The summed E-state index contributed by atoms with van der Waals surface area (Å²) >= 11 is 0. The Morgan fingerprint density at radius 2 is 1.55 bits per heavy atom. The van der Waals surface area contributed by atoms with E-state index in [4.69, 9.17) is 0 Å². The molecule has 3 aliphatic rings. The summed E-state index contributed by atoms with van der Waals surface area (Å²) in [5, 5.41) is 3.53. The molecule has 2 atom stereocenters. The smallest absolute Gasteiger partial charge is 0.0182 e. The minimum Gasteiger partial charge on any atom is -0.317 e. The Morgan fingerprint density at radius 1 is 0.950 bits per heavy atom. The molecule has 0 spiro atoms. The summed E-state index contributed by atoms with van der Waals surface area (Å²) in [5.74, 6) is 0. The van der Waals surface area contributed by atoms with Crippen molar-refractivity contribution in [1.29, 1.82) is 0 Å². The average molecular weight is 270 g/mol. The van der Waals surface area contributed by atoms with Gasteiger partial charge in [-0.1, -0.05) is 30.7 Å². The summed E-state index contributed by atoms with van der Waals surface area (Å²) in [5.41, 5.74) is 3.21. The fourth-order valence-corrected chi connectivity index (χ4v) is 5.00. The highest BCUT2D eigenvalue weighted by atomic mass is 15.2. The number of hydrogen-bond donors (Lipinski definition) is 1. The molecule has 2 heterocycles. The maximum Gasteiger partial charge on any atom is 0.0182 e. The first-order valence-corrected chi connectivity index (χ1v) is 8.36. The Balaban J connectivity index is 1.55. The SMILES string of the molecule is CNC1CC2CCCC(C1)N2C1Cc2ccccc2C1. The molecule has 0 amide bonds. The van der Waals surface area contributed by atoms with Gasteiger partial charge in [0.2, 0.25) is 0 Å². The second-order valence-corrected chi connectivity index (χ2v) is 6.97. The van der Waals surface area contributed by atoms with Gasteiger partial charge in [-0.3, -0.25) is 4.90 Å². The topological polar surface area (TPSA) is 15.3 Å². The number of nitrogens with zero attached hydrogens (tertiary/aromatic N) is 1. The molecule has 0 aromatic heterocycles. The molecular weight excluding hydrogens is 244 g/mol. The minimum absolute atomic E-state index is 0.755. The van der Waals surface area contributed by atoms with Crippen LogP contribution in [0.3, 0.4) is 0 Å². The second-order valence-electron chi connectivity index (χ2n) is 6.97. The third kappa shape index (κ3) is 2.10. The maximum absolute atomic E-state index is 3.53. The molecule has 20 heavy (non-hydrogen) atoms. The molecule has 2 bridgehead atoms. The summed E-state index contributed by atoms with van der Waals surface area (Å²) in [6.07, 6.45) is 9.57. The lowest BCUT2D eigenvalue weighted by molar-refractivity contribution is -0.00667. The summed E-state index contributed by atoms with van der Waals surface area (Å²) in [6, 6.07) is 12.3. The molecule has 1 aliphatic carbocycles. The number of rotatable bonds is 2. The molecule has 2 aliphatic heterocycles. The molecule has 1 N–H and O–H groups in total. The van der Waals surface area contributed by atoms with Crippen molar-refractivity contribution in [1.82, 2.24) is 10.2 Å². The highest BCUT2D eigenvalue weighted by molar-refractivity contribution is 5.33. The van der Waals surface area contributed by atoms with Crippen LogP contribution >= 0.6 is 0 Å². The van der Waals surface area contributed by atoms with Gasteiger partial charge >= 0.3 is 0 Å². The molecule has 2 fully saturated rings. The van der Waals surface area contributed by atoms with E-state index in [1.54, 1.807) is 11.1 Å². The fourth-order valence-electron chi connectivity index (χ4n) is 5.00. The van der Waals surface area contributed by atoms with Gasteiger partial charge in [0.15, 0.2) is 0 Å². The molecule has 2 saturated heterocycles. The highest BCUT2D eigenvalue weighted by Crippen LogP contribution is 2.39. The van der Waals surface area contributed by atoms with E-state index in [1.807, 2.05) is 0 Å². The zero-order valence-electron chi connectivity index (χ0n) is 12.5. The molecule has 1 aromatic carbocycles. The number of piperidine rings is 2. The fraction of sp³-hybridized carbons (Fsp3) is 0.667. The van der Waals surface area contributed by atoms with Gasteiger partial charge in [-0.25, -0.2) is 0 Å². The van der Waals surface area contributed by atoms with Crippen LogP contribution in [0.25, 0.3) is 0 Å². The Bertz CT molecular complexity index is 445. The number of hydrogen-bond acceptors (Lipinski definition) is 2. The molecular formula is C18H26N2. The predicted molar refractivity (Wildman–Crippen MR) is 83.0 cm³/mol. The lowest BCUT2D eigenvalue weighted by atomic mass is 9.80. The molecule has 2 heteroatoms. The van der Waals surface area contributed by atoms with Crippen molar-refractivity contribution in [2.45, 2.75) is 69.1 Å². The van der Waals surface area contributed by atoms with Gasteiger partial charge in [0.05, 0.1) is 0 Å². The Hall–Kier alpha value is -0.860. The van der Waals surface area contributed by atoms with Crippen molar-refractivity contribution in [2.24, 2.45) is 0 Å². The van der Waals surface area contributed by atoms with Gasteiger partial charge in [-0.2, -0.15) is 0 Å². The maximum atomic E-state index is 3.53. The lowest BCUT2D eigenvalue weighted by Gasteiger charge is -2.51. The van der Waals surface area contributed by atoms with Crippen molar-refractivity contribution in [3.63, 3.8) is 0 Å². The van der Waals surface area contributed by atoms with Crippen molar-refractivity contribution < 1.29 is 0 Å². The van der Waals surface area contributed by atoms with E-state index < -0.39 is 0 Å². The van der Waals surface area contributed by atoms with Crippen LogP contribution in [0.15, 0.2) is 24.3 Å². The molecule has 2 nitrogen and oxygen atoms in total. The Morgan fingerprint density at radius 3 is 2.10 bits per heavy atom. The van der Waals surface area contributed by atoms with Crippen LogP contribution in [0.5, 0.6) is 0 Å². The van der Waals surface area contributed by atoms with Gasteiger partial charge < -0.3 is 5.32 Å². The molecule has 0 saturated carbocycles. The van der Waals surface area contributed by atoms with E-state index in [0.29, 0.717) is 0 Å². The minimum atomic E-state index is 0.755. The molecule has 2 unspecified atom stereocenters.